The minimum Gasteiger partial charge on any atom is -0.394 e. The molecule has 6 heteroatoms. The van der Waals surface area contributed by atoms with Gasteiger partial charge in [-0.05, 0) is 0 Å². The summed E-state index contributed by atoms with van der Waals surface area (Å²) < 4.78 is 31.8. The molecule has 0 aliphatic heterocycles. The summed E-state index contributed by atoms with van der Waals surface area (Å²) >= 11 is 0. The van der Waals surface area contributed by atoms with Gasteiger partial charge in [-0.15, -0.1) is 0 Å². The van der Waals surface area contributed by atoms with Crippen molar-refractivity contribution in [1.29, 1.82) is 0 Å². The summed E-state index contributed by atoms with van der Waals surface area (Å²) in [5.41, 5.74) is 0. The number of alkyl halides is 1. The van der Waals surface area contributed by atoms with Crippen LogP contribution in [0.1, 0.15) is 0 Å². The molecular weight excluding hydrogens is 219 g/mol. The first-order valence-corrected chi connectivity index (χ1v) is 5.39. The summed E-state index contributed by atoms with van der Waals surface area (Å²) in [4.78, 5) is 0. The summed E-state index contributed by atoms with van der Waals surface area (Å²) in [7, 11) is 0. The van der Waals surface area contributed by atoms with Crippen molar-refractivity contribution in [3.8, 4) is 0 Å². The van der Waals surface area contributed by atoms with Gasteiger partial charge in [-0.2, -0.15) is 0 Å². The van der Waals surface area contributed by atoms with Crippen LogP contribution in [0.25, 0.3) is 0 Å². The van der Waals surface area contributed by atoms with Gasteiger partial charge in [-0.25, -0.2) is 4.39 Å². The Morgan fingerprint density at radius 3 is 1.38 bits per heavy atom. The first-order valence-electron chi connectivity index (χ1n) is 5.39. The number of ether oxygens (including phenoxy) is 4. The van der Waals surface area contributed by atoms with Gasteiger partial charge < -0.3 is 24.1 Å². The molecule has 16 heavy (non-hydrogen) atoms. The van der Waals surface area contributed by atoms with E-state index in [9.17, 15) is 4.39 Å². The SMILES string of the molecule is OCCOCCOCCOCCOCCF. The van der Waals surface area contributed by atoms with Crippen molar-refractivity contribution in [2.24, 2.45) is 0 Å². The molecular formula is C10H21FO5. The summed E-state index contributed by atoms with van der Waals surface area (Å²) in [5.74, 6) is 0. The fourth-order valence-corrected chi connectivity index (χ4v) is 0.881. The molecule has 0 saturated carbocycles. The van der Waals surface area contributed by atoms with E-state index in [0.717, 1.165) is 0 Å². The Kier molecular flexibility index (Phi) is 14.5. The fourth-order valence-electron chi connectivity index (χ4n) is 0.881. The molecule has 98 valence electrons. The van der Waals surface area contributed by atoms with E-state index in [0.29, 0.717) is 46.2 Å². The lowest BCUT2D eigenvalue weighted by Crippen LogP contribution is -2.12. The maximum Gasteiger partial charge on any atom is 0.113 e. The van der Waals surface area contributed by atoms with Gasteiger partial charge in [-0.3, -0.25) is 0 Å². The largest absolute Gasteiger partial charge is 0.394 e. The van der Waals surface area contributed by atoms with Crippen LogP contribution in [0.5, 0.6) is 0 Å². The summed E-state index contributed by atoms with van der Waals surface area (Å²) in [5, 5.41) is 8.41. The number of halogens is 1. The predicted molar refractivity (Wildman–Crippen MR) is 56.3 cm³/mol. The quantitative estimate of drug-likeness (QED) is 0.460. The summed E-state index contributed by atoms with van der Waals surface area (Å²) in [6.07, 6.45) is 0. The smallest absolute Gasteiger partial charge is 0.113 e. The lowest BCUT2D eigenvalue weighted by molar-refractivity contribution is -0.00644. The number of aliphatic hydroxyl groups is 1. The van der Waals surface area contributed by atoms with E-state index in [1.165, 1.54) is 0 Å². The maximum atomic E-state index is 11.6. The second-order valence-electron chi connectivity index (χ2n) is 2.86. The van der Waals surface area contributed by atoms with Crippen molar-refractivity contribution < 1.29 is 28.4 Å². The van der Waals surface area contributed by atoms with Gasteiger partial charge in [0.15, 0.2) is 0 Å². The Morgan fingerprint density at radius 1 is 0.625 bits per heavy atom. The van der Waals surface area contributed by atoms with E-state index in [1.807, 2.05) is 0 Å². The van der Waals surface area contributed by atoms with Crippen molar-refractivity contribution >= 4 is 0 Å². The van der Waals surface area contributed by atoms with Gasteiger partial charge in [0.25, 0.3) is 0 Å². The van der Waals surface area contributed by atoms with E-state index in [-0.39, 0.29) is 13.2 Å². The molecule has 0 radical (unpaired) electrons. The topological polar surface area (TPSA) is 57.2 Å². The Bertz CT molecular complexity index is 112. The summed E-state index contributed by atoms with van der Waals surface area (Å²) in [6, 6.07) is 0. The lowest BCUT2D eigenvalue weighted by Gasteiger charge is -2.06. The lowest BCUT2D eigenvalue weighted by atomic mass is 10.7. The third-order valence-corrected chi connectivity index (χ3v) is 1.57. The van der Waals surface area contributed by atoms with Crippen LogP contribution in [0, 0.1) is 0 Å². The normalized spacial score (nSPS) is 10.9. The molecule has 0 spiro atoms. The van der Waals surface area contributed by atoms with Crippen LogP contribution in [0.3, 0.4) is 0 Å². The second-order valence-corrected chi connectivity index (χ2v) is 2.86. The number of rotatable bonds is 13. The first kappa shape index (κ1) is 15.7. The first-order chi connectivity index (χ1) is 7.91. The zero-order valence-electron chi connectivity index (χ0n) is 9.53. The van der Waals surface area contributed by atoms with Crippen LogP contribution in [0.15, 0.2) is 0 Å². The van der Waals surface area contributed by atoms with E-state index in [4.69, 9.17) is 24.1 Å². The molecule has 0 saturated heterocycles. The Morgan fingerprint density at radius 2 is 1.00 bits per heavy atom. The highest BCUT2D eigenvalue weighted by Crippen LogP contribution is 1.82. The van der Waals surface area contributed by atoms with Crippen LogP contribution in [0.4, 0.5) is 4.39 Å². The number of hydrogen-bond donors (Lipinski definition) is 1. The van der Waals surface area contributed by atoms with Crippen LogP contribution in [-0.4, -0.2) is 71.2 Å². The van der Waals surface area contributed by atoms with Crippen molar-refractivity contribution in [2.45, 2.75) is 0 Å². The zero-order valence-corrected chi connectivity index (χ0v) is 9.53. The Hall–Kier alpha value is -0.270. The van der Waals surface area contributed by atoms with E-state index < -0.39 is 6.67 Å². The molecule has 0 heterocycles. The second kappa shape index (κ2) is 14.7. The van der Waals surface area contributed by atoms with Gasteiger partial charge in [0, 0.05) is 0 Å². The van der Waals surface area contributed by atoms with Crippen LogP contribution in [-0.2, 0) is 18.9 Å². The van der Waals surface area contributed by atoms with E-state index >= 15 is 0 Å². The van der Waals surface area contributed by atoms with Crippen LogP contribution >= 0.6 is 0 Å². The molecule has 0 aromatic carbocycles. The molecule has 0 unspecified atom stereocenters. The predicted octanol–water partition coefficient (Wildman–Crippen LogP) is 0.0146. The van der Waals surface area contributed by atoms with Gasteiger partial charge in [0.1, 0.15) is 6.67 Å². The van der Waals surface area contributed by atoms with Crippen molar-refractivity contribution in [1.82, 2.24) is 0 Å². The van der Waals surface area contributed by atoms with E-state index in [2.05, 4.69) is 0 Å². The average Bonchev–Trinajstić information content (AvgIpc) is 2.31. The van der Waals surface area contributed by atoms with Gasteiger partial charge in [0.05, 0.1) is 59.5 Å². The van der Waals surface area contributed by atoms with Gasteiger partial charge in [0.2, 0.25) is 0 Å². The molecule has 0 fully saturated rings. The van der Waals surface area contributed by atoms with Crippen LogP contribution in [0.2, 0.25) is 0 Å². The molecule has 0 aliphatic rings. The minimum absolute atomic E-state index is 0.0298. The Balaban J connectivity index is 2.83. The van der Waals surface area contributed by atoms with E-state index in [1.54, 1.807) is 0 Å². The highest BCUT2D eigenvalue weighted by Gasteiger charge is 1.91. The van der Waals surface area contributed by atoms with Gasteiger partial charge >= 0.3 is 0 Å². The molecule has 0 aliphatic carbocycles. The third kappa shape index (κ3) is 13.7. The fraction of sp³-hybridized carbons (Fsp3) is 1.00. The molecule has 0 atom stereocenters. The average molecular weight is 240 g/mol. The maximum absolute atomic E-state index is 11.6. The van der Waals surface area contributed by atoms with Crippen molar-refractivity contribution in [3.63, 3.8) is 0 Å². The van der Waals surface area contributed by atoms with Crippen LogP contribution < -0.4 is 0 Å². The molecule has 0 rings (SSSR count). The van der Waals surface area contributed by atoms with Crippen molar-refractivity contribution in [2.75, 3.05) is 66.1 Å². The van der Waals surface area contributed by atoms with Gasteiger partial charge in [-0.1, -0.05) is 0 Å². The molecule has 1 N–H and O–H groups in total. The summed E-state index contributed by atoms with van der Waals surface area (Å²) in [6.45, 7) is 2.83. The molecule has 5 nitrogen and oxygen atoms in total. The number of hydrogen-bond acceptors (Lipinski definition) is 5. The standard InChI is InChI=1S/C10H21FO5/c11-1-3-13-5-7-15-9-10-16-8-6-14-4-2-12/h12H,1-10H2. The zero-order chi connectivity index (χ0) is 11.9. The third-order valence-electron chi connectivity index (χ3n) is 1.57. The monoisotopic (exact) mass is 240 g/mol. The highest BCUT2D eigenvalue weighted by molar-refractivity contribution is 4.34. The molecule has 0 amide bonds. The molecule has 0 aromatic rings. The Labute approximate surface area is 95.4 Å². The molecule has 0 aromatic heterocycles. The minimum atomic E-state index is -0.461. The number of aliphatic hydroxyl groups excluding tert-OH is 1. The molecule has 0 bridgehead atoms. The van der Waals surface area contributed by atoms with Crippen molar-refractivity contribution in [3.05, 3.63) is 0 Å². The highest BCUT2D eigenvalue weighted by atomic mass is 19.1.